The SMILES string of the molecule is Cc1cncc2ncc(C(=O)O)nc12. The van der Waals surface area contributed by atoms with E-state index in [4.69, 9.17) is 5.11 Å². The van der Waals surface area contributed by atoms with Crippen LogP contribution in [0.3, 0.4) is 0 Å². The summed E-state index contributed by atoms with van der Waals surface area (Å²) in [4.78, 5) is 22.5. The third kappa shape index (κ3) is 1.28. The highest BCUT2D eigenvalue weighted by atomic mass is 16.4. The minimum Gasteiger partial charge on any atom is -0.476 e. The fourth-order valence-corrected chi connectivity index (χ4v) is 1.17. The summed E-state index contributed by atoms with van der Waals surface area (Å²) in [6, 6.07) is 0. The van der Waals surface area contributed by atoms with Crippen LogP contribution in [-0.2, 0) is 0 Å². The average molecular weight is 189 g/mol. The van der Waals surface area contributed by atoms with Gasteiger partial charge in [0, 0.05) is 6.20 Å². The molecule has 1 N–H and O–H groups in total. The lowest BCUT2D eigenvalue weighted by molar-refractivity contribution is 0.0690. The summed E-state index contributed by atoms with van der Waals surface area (Å²) < 4.78 is 0. The highest BCUT2D eigenvalue weighted by Gasteiger charge is 2.07. The van der Waals surface area contributed by atoms with Crippen LogP contribution in [0.15, 0.2) is 18.6 Å². The number of nitrogens with zero attached hydrogens (tertiary/aromatic N) is 3. The Labute approximate surface area is 79.5 Å². The van der Waals surface area contributed by atoms with E-state index in [0.717, 1.165) is 5.56 Å². The molecule has 0 amide bonds. The normalized spacial score (nSPS) is 10.4. The van der Waals surface area contributed by atoms with Crippen molar-refractivity contribution in [2.75, 3.05) is 0 Å². The van der Waals surface area contributed by atoms with Crippen LogP contribution in [0, 0.1) is 6.92 Å². The van der Waals surface area contributed by atoms with E-state index in [2.05, 4.69) is 15.0 Å². The Hall–Kier alpha value is -2.04. The summed E-state index contributed by atoms with van der Waals surface area (Å²) >= 11 is 0. The van der Waals surface area contributed by atoms with Gasteiger partial charge in [0.1, 0.15) is 5.52 Å². The standard InChI is InChI=1S/C9H7N3O2/c1-5-2-10-3-6-8(5)12-7(4-11-6)9(13)14/h2-4H,1H3,(H,13,14). The van der Waals surface area contributed by atoms with Gasteiger partial charge in [-0.3, -0.25) is 9.97 Å². The van der Waals surface area contributed by atoms with E-state index in [1.807, 2.05) is 6.92 Å². The number of hydrogen-bond donors (Lipinski definition) is 1. The molecule has 0 aliphatic heterocycles. The second kappa shape index (κ2) is 3.02. The Morgan fingerprint density at radius 1 is 1.36 bits per heavy atom. The van der Waals surface area contributed by atoms with Gasteiger partial charge in [0.05, 0.1) is 17.9 Å². The first kappa shape index (κ1) is 8.55. The number of fused-ring (bicyclic) bond motifs is 1. The molecule has 0 unspecified atom stereocenters. The number of carbonyl (C=O) groups is 1. The van der Waals surface area contributed by atoms with Crippen LogP contribution in [0.25, 0.3) is 11.0 Å². The van der Waals surface area contributed by atoms with Crippen molar-refractivity contribution in [3.8, 4) is 0 Å². The molecule has 0 spiro atoms. The van der Waals surface area contributed by atoms with Gasteiger partial charge >= 0.3 is 5.97 Å². The van der Waals surface area contributed by atoms with Crippen LogP contribution in [0.4, 0.5) is 0 Å². The number of aromatic carboxylic acids is 1. The summed E-state index contributed by atoms with van der Waals surface area (Å²) in [5, 5.41) is 8.72. The van der Waals surface area contributed by atoms with Crippen molar-refractivity contribution in [3.05, 3.63) is 29.8 Å². The molecule has 0 aromatic carbocycles. The molecule has 0 saturated carbocycles. The molecule has 2 aromatic heterocycles. The molecule has 0 radical (unpaired) electrons. The van der Waals surface area contributed by atoms with E-state index in [1.165, 1.54) is 6.20 Å². The number of aromatic nitrogens is 3. The second-order valence-corrected chi connectivity index (χ2v) is 2.88. The number of carboxylic acid groups (broad SMARTS) is 1. The Morgan fingerprint density at radius 3 is 2.86 bits per heavy atom. The summed E-state index contributed by atoms with van der Waals surface area (Å²) in [6.45, 7) is 1.82. The molecule has 0 atom stereocenters. The Balaban J connectivity index is 2.76. The van der Waals surface area contributed by atoms with Gasteiger partial charge in [0.25, 0.3) is 0 Å². The van der Waals surface area contributed by atoms with Crippen LogP contribution in [0.2, 0.25) is 0 Å². The van der Waals surface area contributed by atoms with Gasteiger partial charge in [0.2, 0.25) is 0 Å². The van der Waals surface area contributed by atoms with E-state index >= 15 is 0 Å². The van der Waals surface area contributed by atoms with Gasteiger partial charge in [-0.25, -0.2) is 9.78 Å². The maximum Gasteiger partial charge on any atom is 0.356 e. The summed E-state index contributed by atoms with van der Waals surface area (Å²) in [5.74, 6) is -1.07. The van der Waals surface area contributed by atoms with Crippen molar-refractivity contribution in [2.45, 2.75) is 6.92 Å². The van der Waals surface area contributed by atoms with Gasteiger partial charge in [-0.1, -0.05) is 0 Å². The van der Waals surface area contributed by atoms with Crippen molar-refractivity contribution >= 4 is 17.0 Å². The van der Waals surface area contributed by atoms with Crippen molar-refractivity contribution in [3.63, 3.8) is 0 Å². The van der Waals surface area contributed by atoms with E-state index < -0.39 is 5.97 Å². The van der Waals surface area contributed by atoms with Gasteiger partial charge < -0.3 is 5.11 Å². The molecular weight excluding hydrogens is 182 g/mol. The minimum absolute atomic E-state index is 0.0493. The summed E-state index contributed by atoms with van der Waals surface area (Å²) in [7, 11) is 0. The number of rotatable bonds is 1. The van der Waals surface area contributed by atoms with Crippen molar-refractivity contribution in [2.24, 2.45) is 0 Å². The van der Waals surface area contributed by atoms with Crippen LogP contribution < -0.4 is 0 Å². The van der Waals surface area contributed by atoms with Gasteiger partial charge in [-0.05, 0) is 12.5 Å². The van der Waals surface area contributed by atoms with Crippen LogP contribution in [0.5, 0.6) is 0 Å². The predicted octanol–water partition coefficient (Wildman–Crippen LogP) is 1.03. The van der Waals surface area contributed by atoms with Crippen LogP contribution in [0.1, 0.15) is 16.1 Å². The van der Waals surface area contributed by atoms with Crippen molar-refractivity contribution in [1.82, 2.24) is 15.0 Å². The highest BCUT2D eigenvalue weighted by Crippen LogP contribution is 2.11. The van der Waals surface area contributed by atoms with E-state index in [-0.39, 0.29) is 5.69 Å². The van der Waals surface area contributed by atoms with E-state index in [9.17, 15) is 4.79 Å². The van der Waals surface area contributed by atoms with Gasteiger partial charge in [-0.2, -0.15) is 0 Å². The molecule has 0 aliphatic carbocycles. The first-order valence-corrected chi connectivity index (χ1v) is 3.99. The maximum atomic E-state index is 10.6. The lowest BCUT2D eigenvalue weighted by Crippen LogP contribution is -2.02. The average Bonchev–Trinajstić information content (AvgIpc) is 2.18. The van der Waals surface area contributed by atoms with Crippen molar-refractivity contribution < 1.29 is 9.90 Å². The van der Waals surface area contributed by atoms with Crippen molar-refractivity contribution in [1.29, 1.82) is 0 Å². The predicted molar refractivity (Wildman–Crippen MR) is 49.0 cm³/mol. The molecule has 2 heterocycles. The molecule has 0 fully saturated rings. The molecule has 70 valence electrons. The van der Waals surface area contributed by atoms with Gasteiger partial charge in [0.15, 0.2) is 5.69 Å². The molecule has 2 rings (SSSR count). The zero-order valence-electron chi connectivity index (χ0n) is 7.43. The number of aryl methyl sites for hydroxylation is 1. The van der Waals surface area contributed by atoms with Crippen LogP contribution in [-0.4, -0.2) is 26.0 Å². The van der Waals surface area contributed by atoms with Crippen LogP contribution >= 0.6 is 0 Å². The zero-order chi connectivity index (χ0) is 10.1. The molecule has 0 saturated heterocycles. The van der Waals surface area contributed by atoms with Gasteiger partial charge in [-0.15, -0.1) is 0 Å². The Bertz CT molecular complexity index is 510. The third-order valence-electron chi connectivity index (χ3n) is 1.86. The first-order chi connectivity index (χ1) is 6.68. The smallest absolute Gasteiger partial charge is 0.356 e. The highest BCUT2D eigenvalue weighted by molar-refractivity contribution is 5.88. The minimum atomic E-state index is -1.07. The molecule has 5 nitrogen and oxygen atoms in total. The molecule has 2 aromatic rings. The molecule has 5 heteroatoms. The summed E-state index contributed by atoms with van der Waals surface area (Å²) in [5.41, 5.74) is 1.96. The topological polar surface area (TPSA) is 76.0 Å². The fourth-order valence-electron chi connectivity index (χ4n) is 1.17. The first-order valence-electron chi connectivity index (χ1n) is 3.99. The second-order valence-electron chi connectivity index (χ2n) is 2.88. The zero-order valence-corrected chi connectivity index (χ0v) is 7.43. The summed E-state index contributed by atoms with van der Waals surface area (Å²) in [6.07, 6.45) is 4.41. The Morgan fingerprint density at radius 2 is 2.14 bits per heavy atom. The third-order valence-corrected chi connectivity index (χ3v) is 1.86. The molecule has 0 aliphatic rings. The Kier molecular flexibility index (Phi) is 1.85. The largest absolute Gasteiger partial charge is 0.476 e. The maximum absolute atomic E-state index is 10.6. The molecule has 0 bridgehead atoms. The number of pyridine rings is 1. The molecular formula is C9H7N3O2. The van der Waals surface area contributed by atoms with E-state index in [0.29, 0.717) is 11.0 Å². The number of carboxylic acids is 1. The monoisotopic (exact) mass is 189 g/mol. The van der Waals surface area contributed by atoms with E-state index in [1.54, 1.807) is 12.4 Å². The lowest BCUT2D eigenvalue weighted by atomic mass is 10.2. The molecule has 14 heavy (non-hydrogen) atoms. The lowest BCUT2D eigenvalue weighted by Gasteiger charge is -1.99. The fraction of sp³-hybridized carbons (Fsp3) is 0.111. The number of hydrogen-bond acceptors (Lipinski definition) is 4. The quantitative estimate of drug-likeness (QED) is 0.725.